The monoisotopic (exact) mass is 501 g/mol. The van der Waals surface area contributed by atoms with Crippen molar-refractivity contribution in [2.45, 2.75) is 13.5 Å². The number of carbonyl (C=O) groups is 1. The summed E-state index contributed by atoms with van der Waals surface area (Å²) in [5.41, 5.74) is 10.2. The molecule has 5 rings (SSSR count). The first kappa shape index (κ1) is 20.9. The van der Waals surface area contributed by atoms with Crippen LogP contribution in [0.2, 0.25) is 0 Å². The van der Waals surface area contributed by atoms with Crippen molar-refractivity contribution in [2.24, 2.45) is 5.73 Å². The Morgan fingerprint density at radius 3 is 2.76 bits per heavy atom. The molecule has 4 heterocycles. The number of hydrogen-bond donors (Lipinski definition) is 2. The number of carbonyl (C=O) groups excluding carboxylic acids is 1. The van der Waals surface area contributed by atoms with E-state index in [1.54, 1.807) is 15.4 Å². The molecule has 8 nitrogen and oxygen atoms in total. The van der Waals surface area contributed by atoms with Crippen LogP contribution in [0.25, 0.3) is 22.6 Å². The number of nitrogens with zero attached hydrogens (tertiary/aromatic N) is 5. The Hall–Kier alpha value is -3.98. The smallest absolute Gasteiger partial charge is 0.252 e. The molecule has 0 saturated heterocycles. The van der Waals surface area contributed by atoms with Gasteiger partial charge in [0.1, 0.15) is 5.82 Å². The van der Waals surface area contributed by atoms with Gasteiger partial charge in [-0.3, -0.25) is 4.79 Å². The molecule has 0 aliphatic carbocycles. The van der Waals surface area contributed by atoms with E-state index in [2.05, 4.69) is 37.4 Å². The largest absolute Gasteiger partial charge is 0.365 e. The van der Waals surface area contributed by atoms with Crippen LogP contribution in [0.4, 0.5) is 5.82 Å². The van der Waals surface area contributed by atoms with Crippen molar-refractivity contribution in [1.82, 2.24) is 24.4 Å². The number of nitrogens with two attached hydrogens (primary N) is 1. The Bertz CT molecular complexity index is 1490. The number of hydrogen-bond acceptors (Lipinski definition) is 5. The van der Waals surface area contributed by atoms with Crippen LogP contribution in [0.1, 0.15) is 21.6 Å². The molecule has 33 heavy (non-hydrogen) atoms. The zero-order valence-corrected chi connectivity index (χ0v) is 19.3. The SMILES string of the molecule is Cc1cccc(-n2nc(NCc3ccccc3Br)cc2-c2ccn3ncc(C(N)=O)c3c2)n1. The van der Waals surface area contributed by atoms with Gasteiger partial charge >= 0.3 is 0 Å². The first-order valence-electron chi connectivity index (χ1n) is 10.3. The molecule has 0 unspecified atom stereocenters. The number of amides is 1. The van der Waals surface area contributed by atoms with E-state index in [0.29, 0.717) is 29.3 Å². The summed E-state index contributed by atoms with van der Waals surface area (Å²) in [6.45, 7) is 2.54. The molecule has 3 N–H and O–H groups in total. The van der Waals surface area contributed by atoms with Crippen LogP contribution in [0.15, 0.2) is 77.5 Å². The second kappa shape index (κ2) is 8.51. The van der Waals surface area contributed by atoms with Crippen LogP contribution in [0.5, 0.6) is 0 Å². The van der Waals surface area contributed by atoms with Gasteiger partial charge in [0.25, 0.3) is 5.91 Å². The van der Waals surface area contributed by atoms with Crippen LogP contribution in [0, 0.1) is 6.92 Å². The molecule has 0 spiro atoms. The lowest BCUT2D eigenvalue weighted by Gasteiger charge is -2.08. The van der Waals surface area contributed by atoms with Crippen molar-refractivity contribution < 1.29 is 4.79 Å². The van der Waals surface area contributed by atoms with Gasteiger partial charge in [0.05, 0.1) is 23.0 Å². The summed E-state index contributed by atoms with van der Waals surface area (Å²) >= 11 is 3.59. The predicted molar refractivity (Wildman–Crippen MR) is 130 cm³/mol. The maximum absolute atomic E-state index is 11.8. The summed E-state index contributed by atoms with van der Waals surface area (Å²) in [6.07, 6.45) is 3.28. The van der Waals surface area contributed by atoms with Crippen molar-refractivity contribution in [2.75, 3.05) is 5.32 Å². The summed E-state index contributed by atoms with van der Waals surface area (Å²) in [5.74, 6) is 0.877. The first-order valence-corrected chi connectivity index (χ1v) is 11.1. The minimum Gasteiger partial charge on any atom is -0.365 e. The third-order valence-electron chi connectivity index (χ3n) is 5.30. The number of pyridine rings is 2. The summed E-state index contributed by atoms with van der Waals surface area (Å²) in [7, 11) is 0. The number of rotatable bonds is 6. The molecule has 9 heteroatoms. The van der Waals surface area contributed by atoms with Crippen molar-refractivity contribution in [3.63, 3.8) is 0 Å². The van der Waals surface area contributed by atoms with Gasteiger partial charge in [-0.05, 0) is 42.8 Å². The normalized spacial score (nSPS) is 11.1. The lowest BCUT2D eigenvalue weighted by atomic mass is 10.1. The molecule has 0 atom stereocenters. The highest BCUT2D eigenvalue weighted by atomic mass is 79.9. The number of benzene rings is 1. The molecule has 5 aromatic rings. The fourth-order valence-electron chi connectivity index (χ4n) is 3.65. The number of anilines is 1. The fourth-order valence-corrected chi connectivity index (χ4v) is 4.08. The summed E-state index contributed by atoms with van der Waals surface area (Å²) in [5, 5.41) is 12.4. The lowest BCUT2D eigenvalue weighted by Crippen LogP contribution is -2.10. The van der Waals surface area contributed by atoms with Gasteiger partial charge in [0.15, 0.2) is 5.82 Å². The van der Waals surface area contributed by atoms with E-state index >= 15 is 0 Å². The fraction of sp³-hybridized carbons (Fsp3) is 0.0833. The first-order chi connectivity index (χ1) is 16.0. The zero-order valence-electron chi connectivity index (χ0n) is 17.7. The number of nitrogens with one attached hydrogen (secondary N) is 1. The number of fused-ring (bicyclic) bond motifs is 1. The average Bonchev–Trinajstić information content (AvgIpc) is 3.42. The van der Waals surface area contributed by atoms with Gasteiger partial charge in [-0.1, -0.05) is 40.2 Å². The van der Waals surface area contributed by atoms with Crippen LogP contribution >= 0.6 is 15.9 Å². The topological polar surface area (TPSA) is 103 Å². The van der Waals surface area contributed by atoms with E-state index in [1.165, 1.54) is 6.20 Å². The zero-order chi connectivity index (χ0) is 22.9. The molecule has 164 valence electrons. The molecule has 1 aromatic carbocycles. The third-order valence-corrected chi connectivity index (χ3v) is 6.07. The van der Waals surface area contributed by atoms with Crippen molar-refractivity contribution >= 4 is 33.2 Å². The maximum atomic E-state index is 11.8. The van der Waals surface area contributed by atoms with Gasteiger partial charge in [-0.2, -0.15) is 5.10 Å². The Morgan fingerprint density at radius 1 is 1.12 bits per heavy atom. The highest BCUT2D eigenvalue weighted by Crippen LogP contribution is 2.28. The number of primary amides is 1. The van der Waals surface area contributed by atoms with E-state index in [-0.39, 0.29) is 0 Å². The standard InChI is InChI=1S/C24H20BrN7O/c1-15-5-4-8-23(29-15)32-20(12-22(30-32)27-13-17-6-2-3-7-19(17)25)16-9-10-31-21(11-16)18(14-28-31)24(26)33/h2-12,14H,13H2,1H3,(H2,26,33)(H,27,30). The summed E-state index contributed by atoms with van der Waals surface area (Å²) in [4.78, 5) is 16.5. The van der Waals surface area contributed by atoms with E-state index < -0.39 is 5.91 Å². The Morgan fingerprint density at radius 2 is 1.97 bits per heavy atom. The summed E-state index contributed by atoms with van der Waals surface area (Å²) < 4.78 is 4.45. The van der Waals surface area contributed by atoms with E-state index in [1.807, 2.05) is 61.5 Å². The van der Waals surface area contributed by atoms with Gasteiger partial charge < -0.3 is 11.1 Å². The van der Waals surface area contributed by atoms with Crippen LogP contribution < -0.4 is 11.1 Å². The molecule has 0 saturated carbocycles. The minimum absolute atomic E-state index is 0.365. The van der Waals surface area contributed by atoms with E-state index in [4.69, 9.17) is 10.8 Å². The molecule has 0 aliphatic rings. The van der Waals surface area contributed by atoms with E-state index in [0.717, 1.165) is 27.0 Å². The number of aryl methyl sites for hydroxylation is 1. The number of halogens is 1. The highest BCUT2D eigenvalue weighted by Gasteiger charge is 2.16. The molecule has 0 aliphatic heterocycles. The second-order valence-electron chi connectivity index (χ2n) is 7.58. The average molecular weight is 502 g/mol. The van der Waals surface area contributed by atoms with Crippen molar-refractivity contribution in [1.29, 1.82) is 0 Å². The Kier molecular flexibility index (Phi) is 5.39. The number of aromatic nitrogens is 5. The Labute approximate surface area is 198 Å². The third kappa shape index (κ3) is 4.10. The van der Waals surface area contributed by atoms with Crippen LogP contribution in [0.3, 0.4) is 0 Å². The van der Waals surface area contributed by atoms with Gasteiger partial charge in [0, 0.05) is 34.5 Å². The van der Waals surface area contributed by atoms with Gasteiger partial charge in [0.2, 0.25) is 0 Å². The summed E-state index contributed by atoms with van der Waals surface area (Å²) in [6, 6.07) is 19.6. The molecule has 4 aromatic heterocycles. The van der Waals surface area contributed by atoms with Gasteiger partial charge in [-0.15, -0.1) is 5.10 Å². The molecule has 0 radical (unpaired) electrons. The predicted octanol–water partition coefficient (Wildman–Crippen LogP) is 4.36. The van der Waals surface area contributed by atoms with Crippen LogP contribution in [-0.4, -0.2) is 30.3 Å². The van der Waals surface area contributed by atoms with Gasteiger partial charge in [-0.25, -0.2) is 14.2 Å². The second-order valence-corrected chi connectivity index (χ2v) is 8.43. The highest BCUT2D eigenvalue weighted by molar-refractivity contribution is 9.10. The molecule has 0 fully saturated rings. The quantitative estimate of drug-likeness (QED) is 0.359. The molecular formula is C24H20BrN7O. The molecular weight excluding hydrogens is 482 g/mol. The maximum Gasteiger partial charge on any atom is 0.252 e. The van der Waals surface area contributed by atoms with Crippen LogP contribution in [-0.2, 0) is 6.54 Å². The molecule has 1 amide bonds. The lowest BCUT2D eigenvalue weighted by molar-refractivity contribution is 0.100. The van der Waals surface area contributed by atoms with Crippen molar-refractivity contribution in [3.8, 4) is 17.1 Å². The minimum atomic E-state index is -0.521. The molecule has 0 bridgehead atoms. The Balaban J connectivity index is 1.59. The van der Waals surface area contributed by atoms with Crippen molar-refractivity contribution in [3.05, 3.63) is 94.4 Å². The van der Waals surface area contributed by atoms with E-state index in [9.17, 15) is 4.79 Å².